The Morgan fingerprint density at radius 3 is 2.37 bits per heavy atom. The van der Waals surface area contributed by atoms with Crippen LogP contribution in [0.4, 0.5) is 0 Å². The van der Waals surface area contributed by atoms with Crippen LogP contribution in [0.15, 0.2) is 23.2 Å². The fraction of sp³-hybridized carbons (Fsp3) is 0.562. The van der Waals surface area contributed by atoms with E-state index in [0.717, 1.165) is 12.0 Å². The van der Waals surface area contributed by atoms with Crippen LogP contribution in [-0.2, 0) is 0 Å². The minimum absolute atomic E-state index is 0.108. The van der Waals surface area contributed by atoms with E-state index in [1.54, 1.807) is 19.2 Å². The van der Waals surface area contributed by atoms with Crippen LogP contribution in [0.3, 0.4) is 0 Å². The molecule has 0 unspecified atom stereocenters. The average Bonchev–Trinajstić information content (AvgIpc) is 2.25. The van der Waals surface area contributed by atoms with E-state index in [2.05, 4.69) is 39.6 Å². The Balaban J connectivity index is 2.86. The van der Waals surface area contributed by atoms with Crippen molar-refractivity contribution in [3.8, 4) is 11.5 Å². The summed E-state index contributed by atoms with van der Waals surface area (Å²) in [5.41, 5.74) is 1.06. The Labute approximate surface area is 116 Å². The van der Waals surface area contributed by atoms with Crippen LogP contribution in [0.1, 0.15) is 46.6 Å². The van der Waals surface area contributed by atoms with E-state index in [1.807, 2.05) is 12.3 Å². The topological polar surface area (TPSA) is 41.8 Å². The van der Waals surface area contributed by atoms with E-state index >= 15 is 0 Å². The molecule has 0 aliphatic heterocycles. The molecule has 0 saturated heterocycles. The number of hydrogen-bond donors (Lipinski definition) is 1. The van der Waals surface area contributed by atoms with Crippen molar-refractivity contribution in [1.29, 1.82) is 0 Å². The molecule has 19 heavy (non-hydrogen) atoms. The van der Waals surface area contributed by atoms with Crippen LogP contribution in [0.2, 0.25) is 0 Å². The Hall–Kier alpha value is -1.51. The van der Waals surface area contributed by atoms with Gasteiger partial charge in [0.05, 0.1) is 12.6 Å². The summed E-state index contributed by atoms with van der Waals surface area (Å²) in [4.78, 5) is 4.65. The third-order valence-electron chi connectivity index (χ3n) is 2.73. The average molecular weight is 263 g/mol. The predicted octanol–water partition coefficient (Wildman–Crippen LogP) is 4.03. The second kappa shape index (κ2) is 5.64. The van der Waals surface area contributed by atoms with E-state index < -0.39 is 0 Å². The number of methoxy groups -OCH3 is 1. The van der Waals surface area contributed by atoms with E-state index in [1.165, 1.54) is 0 Å². The molecule has 0 aliphatic carbocycles. The first kappa shape index (κ1) is 15.5. The van der Waals surface area contributed by atoms with Gasteiger partial charge in [-0.25, -0.2) is 0 Å². The quantitative estimate of drug-likeness (QED) is 0.833. The maximum atomic E-state index is 9.55. The molecule has 0 amide bonds. The number of nitrogens with zero attached hydrogens (tertiary/aromatic N) is 1. The number of phenolic OH excluding ortho intramolecular Hbond substituents is 1. The summed E-state index contributed by atoms with van der Waals surface area (Å²) in [7, 11) is 1.54. The first-order chi connectivity index (χ1) is 8.63. The van der Waals surface area contributed by atoms with E-state index in [-0.39, 0.29) is 16.7 Å². The van der Waals surface area contributed by atoms with Crippen molar-refractivity contribution in [3.05, 3.63) is 23.8 Å². The fourth-order valence-corrected chi connectivity index (χ4v) is 2.37. The highest BCUT2D eigenvalue weighted by molar-refractivity contribution is 5.81. The highest BCUT2D eigenvalue weighted by Crippen LogP contribution is 2.30. The number of phenols is 1. The van der Waals surface area contributed by atoms with Crippen LogP contribution in [0.25, 0.3) is 0 Å². The van der Waals surface area contributed by atoms with Crippen molar-refractivity contribution in [1.82, 2.24) is 0 Å². The van der Waals surface area contributed by atoms with Gasteiger partial charge in [0.25, 0.3) is 0 Å². The predicted molar refractivity (Wildman–Crippen MR) is 80.4 cm³/mol. The van der Waals surface area contributed by atoms with Crippen LogP contribution >= 0.6 is 0 Å². The van der Waals surface area contributed by atoms with Gasteiger partial charge in [0, 0.05) is 6.21 Å². The number of aliphatic imine (C=N–C) groups is 1. The maximum Gasteiger partial charge on any atom is 0.161 e. The lowest BCUT2D eigenvalue weighted by Crippen LogP contribution is -2.25. The molecule has 0 spiro atoms. The van der Waals surface area contributed by atoms with Gasteiger partial charge in [-0.05, 0) is 49.4 Å². The zero-order valence-corrected chi connectivity index (χ0v) is 12.8. The molecular weight excluding hydrogens is 238 g/mol. The molecule has 1 N–H and O–H groups in total. The van der Waals surface area contributed by atoms with Crippen molar-refractivity contribution >= 4 is 6.21 Å². The van der Waals surface area contributed by atoms with E-state index in [4.69, 9.17) is 4.74 Å². The van der Waals surface area contributed by atoms with Crippen LogP contribution < -0.4 is 4.74 Å². The number of benzene rings is 1. The third kappa shape index (κ3) is 5.33. The molecule has 0 fully saturated rings. The standard InChI is InChI=1S/C16H25NO2/c1-15(2,3)11-16(4,5)17-10-12-7-8-13(18)14(9-12)19-6/h7-10,18H,11H2,1-6H3. The normalized spacial score (nSPS) is 12.9. The summed E-state index contributed by atoms with van der Waals surface area (Å²) in [6, 6.07) is 5.23. The highest BCUT2D eigenvalue weighted by Gasteiger charge is 2.23. The van der Waals surface area contributed by atoms with Gasteiger partial charge in [0.1, 0.15) is 0 Å². The summed E-state index contributed by atoms with van der Waals surface area (Å²) in [5.74, 6) is 0.617. The van der Waals surface area contributed by atoms with Gasteiger partial charge in [-0.1, -0.05) is 20.8 Å². The van der Waals surface area contributed by atoms with E-state index in [9.17, 15) is 5.11 Å². The summed E-state index contributed by atoms with van der Waals surface area (Å²) in [6.45, 7) is 10.9. The molecule has 3 heteroatoms. The molecule has 1 aromatic rings. The number of aromatic hydroxyl groups is 1. The Morgan fingerprint density at radius 1 is 1.21 bits per heavy atom. The van der Waals surface area contributed by atoms with Gasteiger partial charge < -0.3 is 9.84 Å². The third-order valence-corrected chi connectivity index (χ3v) is 2.73. The molecule has 1 rings (SSSR count). The monoisotopic (exact) mass is 263 g/mol. The van der Waals surface area contributed by atoms with Gasteiger partial charge in [0.15, 0.2) is 11.5 Å². The second-order valence-electron chi connectivity index (χ2n) is 6.74. The lowest BCUT2D eigenvalue weighted by atomic mass is 9.82. The summed E-state index contributed by atoms with van der Waals surface area (Å²) in [5, 5.41) is 9.55. The van der Waals surface area contributed by atoms with Gasteiger partial charge in [-0.3, -0.25) is 4.99 Å². The molecule has 0 aliphatic rings. The van der Waals surface area contributed by atoms with Crippen molar-refractivity contribution in [3.63, 3.8) is 0 Å². The molecule has 3 nitrogen and oxygen atoms in total. The SMILES string of the molecule is COc1cc(C=NC(C)(C)CC(C)(C)C)ccc1O. The minimum Gasteiger partial charge on any atom is -0.504 e. The smallest absolute Gasteiger partial charge is 0.161 e. The largest absolute Gasteiger partial charge is 0.504 e. The molecule has 0 aromatic heterocycles. The van der Waals surface area contributed by atoms with Crippen molar-refractivity contribution in [2.75, 3.05) is 7.11 Å². The van der Waals surface area contributed by atoms with Crippen molar-refractivity contribution < 1.29 is 9.84 Å². The Kier molecular flexibility index (Phi) is 4.61. The van der Waals surface area contributed by atoms with Gasteiger partial charge in [0.2, 0.25) is 0 Å². The molecular formula is C16H25NO2. The maximum absolute atomic E-state index is 9.55. The summed E-state index contributed by atoms with van der Waals surface area (Å²) in [6.07, 6.45) is 2.85. The molecule has 0 bridgehead atoms. The zero-order chi connectivity index (χ0) is 14.7. The highest BCUT2D eigenvalue weighted by atomic mass is 16.5. The summed E-state index contributed by atoms with van der Waals surface area (Å²) < 4.78 is 5.09. The Morgan fingerprint density at radius 2 is 1.84 bits per heavy atom. The molecule has 0 heterocycles. The van der Waals surface area contributed by atoms with Crippen LogP contribution in [0, 0.1) is 5.41 Å². The van der Waals surface area contributed by atoms with Crippen LogP contribution in [0.5, 0.6) is 11.5 Å². The first-order valence-electron chi connectivity index (χ1n) is 6.55. The van der Waals surface area contributed by atoms with E-state index in [0.29, 0.717) is 5.75 Å². The molecule has 0 saturated carbocycles. The van der Waals surface area contributed by atoms with Crippen LogP contribution in [-0.4, -0.2) is 24.0 Å². The minimum atomic E-state index is -0.108. The molecule has 0 atom stereocenters. The first-order valence-corrected chi connectivity index (χ1v) is 6.55. The lowest BCUT2D eigenvalue weighted by molar-refractivity contribution is 0.289. The number of hydrogen-bond acceptors (Lipinski definition) is 3. The van der Waals surface area contributed by atoms with Crippen molar-refractivity contribution in [2.24, 2.45) is 10.4 Å². The van der Waals surface area contributed by atoms with Gasteiger partial charge in [-0.2, -0.15) is 0 Å². The number of rotatable bonds is 4. The molecule has 0 radical (unpaired) electrons. The van der Waals surface area contributed by atoms with Gasteiger partial charge in [-0.15, -0.1) is 0 Å². The van der Waals surface area contributed by atoms with Crippen molar-refractivity contribution in [2.45, 2.75) is 46.6 Å². The second-order valence-corrected chi connectivity index (χ2v) is 6.74. The fourth-order valence-electron chi connectivity index (χ4n) is 2.37. The lowest BCUT2D eigenvalue weighted by Gasteiger charge is -2.29. The number of ether oxygens (including phenoxy) is 1. The molecule has 106 valence electrons. The summed E-state index contributed by atoms with van der Waals surface area (Å²) >= 11 is 0. The zero-order valence-electron chi connectivity index (χ0n) is 12.8. The molecule has 1 aromatic carbocycles. The van der Waals surface area contributed by atoms with Gasteiger partial charge >= 0.3 is 0 Å². The Bertz CT molecular complexity index is 456.